The summed E-state index contributed by atoms with van der Waals surface area (Å²) in [6.07, 6.45) is 3.11. The number of aromatic nitrogens is 1. The lowest BCUT2D eigenvalue weighted by Gasteiger charge is -2.19. The Bertz CT molecular complexity index is 784. The number of benzene rings is 1. The molecular weight excluding hydrogens is 346 g/mol. The zero-order valence-electron chi connectivity index (χ0n) is 15.1. The highest BCUT2D eigenvalue weighted by molar-refractivity contribution is 5.93. The van der Waals surface area contributed by atoms with E-state index in [-0.39, 0.29) is 23.8 Å². The number of methoxy groups -OCH3 is 1. The summed E-state index contributed by atoms with van der Waals surface area (Å²) in [5, 5.41) is 5.64. The largest absolute Gasteiger partial charge is 0.497 e. The number of amides is 2. The van der Waals surface area contributed by atoms with Crippen LogP contribution in [0.25, 0.3) is 0 Å². The highest BCUT2D eigenvalue weighted by Crippen LogP contribution is 2.27. The highest BCUT2D eigenvalue weighted by atomic mass is 16.5. The molecule has 1 aromatic carbocycles. The Labute approximate surface area is 157 Å². The van der Waals surface area contributed by atoms with E-state index in [2.05, 4.69) is 26.5 Å². The van der Waals surface area contributed by atoms with Crippen LogP contribution in [0.2, 0.25) is 0 Å². The molecule has 1 aromatic heterocycles. The SMILES string of the molecule is COc1cccc(C2NNCC2C(=O)NCCNC(=O)c2cccnc2)c1. The van der Waals surface area contributed by atoms with Crippen molar-refractivity contribution in [1.29, 1.82) is 0 Å². The Hall–Kier alpha value is -2.97. The van der Waals surface area contributed by atoms with Gasteiger partial charge in [-0.05, 0) is 29.8 Å². The lowest BCUT2D eigenvalue weighted by molar-refractivity contribution is -0.124. The molecule has 8 heteroatoms. The van der Waals surface area contributed by atoms with Gasteiger partial charge in [0.05, 0.1) is 24.6 Å². The van der Waals surface area contributed by atoms with Crippen LogP contribution in [0.1, 0.15) is 22.0 Å². The third-order valence-corrected chi connectivity index (χ3v) is 4.41. The first-order chi connectivity index (χ1) is 13.2. The van der Waals surface area contributed by atoms with Crippen molar-refractivity contribution in [1.82, 2.24) is 26.5 Å². The molecule has 0 radical (unpaired) electrons. The number of carbonyl (C=O) groups is 2. The second-order valence-electron chi connectivity index (χ2n) is 6.17. The van der Waals surface area contributed by atoms with Crippen LogP contribution in [0.3, 0.4) is 0 Å². The van der Waals surface area contributed by atoms with Gasteiger partial charge < -0.3 is 15.4 Å². The maximum absolute atomic E-state index is 12.6. The second-order valence-corrected chi connectivity index (χ2v) is 6.17. The Kier molecular flexibility index (Phi) is 6.35. The Morgan fingerprint density at radius 3 is 2.85 bits per heavy atom. The molecule has 0 bridgehead atoms. The zero-order valence-corrected chi connectivity index (χ0v) is 15.1. The van der Waals surface area contributed by atoms with Gasteiger partial charge in [-0.2, -0.15) is 0 Å². The summed E-state index contributed by atoms with van der Waals surface area (Å²) in [6.45, 7) is 1.22. The molecule has 2 atom stereocenters. The van der Waals surface area contributed by atoms with Crippen molar-refractivity contribution >= 4 is 11.8 Å². The number of pyridine rings is 1. The number of ether oxygens (including phenoxy) is 1. The molecule has 2 heterocycles. The van der Waals surface area contributed by atoms with Crippen LogP contribution >= 0.6 is 0 Å². The second kappa shape index (κ2) is 9.11. The number of nitrogens with one attached hydrogen (secondary N) is 4. The molecule has 8 nitrogen and oxygen atoms in total. The van der Waals surface area contributed by atoms with Gasteiger partial charge in [0.1, 0.15) is 5.75 Å². The van der Waals surface area contributed by atoms with E-state index in [1.165, 1.54) is 6.20 Å². The molecule has 1 saturated heterocycles. The Morgan fingerprint density at radius 2 is 2.07 bits per heavy atom. The Balaban J connectivity index is 1.49. The van der Waals surface area contributed by atoms with Crippen molar-refractivity contribution in [2.45, 2.75) is 6.04 Å². The molecule has 0 saturated carbocycles. The van der Waals surface area contributed by atoms with Crippen molar-refractivity contribution in [2.75, 3.05) is 26.7 Å². The van der Waals surface area contributed by atoms with E-state index in [0.717, 1.165) is 11.3 Å². The van der Waals surface area contributed by atoms with E-state index < -0.39 is 0 Å². The fraction of sp³-hybridized carbons (Fsp3) is 0.316. The molecule has 2 unspecified atom stereocenters. The van der Waals surface area contributed by atoms with Gasteiger partial charge in [0.15, 0.2) is 0 Å². The van der Waals surface area contributed by atoms with Crippen LogP contribution < -0.4 is 26.2 Å². The fourth-order valence-corrected chi connectivity index (χ4v) is 2.98. The minimum atomic E-state index is -0.258. The summed E-state index contributed by atoms with van der Waals surface area (Å²) in [7, 11) is 1.61. The van der Waals surface area contributed by atoms with Gasteiger partial charge in [0.25, 0.3) is 5.91 Å². The summed E-state index contributed by atoms with van der Waals surface area (Å²) >= 11 is 0. The number of hydrogen-bond acceptors (Lipinski definition) is 6. The van der Waals surface area contributed by atoms with E-state index in [0.29, 0.717) is 25.2 Å². The summed E-state index contributed by atoms with van der Waals surface area (Å²) < 4.78 is 5.26. The van der Waals surface area contributed by atoms with Gasteiger partial charge in [-0.1, -0.05) is 12.1 Å². The standard InChI is InChI=1S/C19H23N5O3/c1-27-15-6-2-4-13(10-15)17-16(12-23-24-17)19(26)22-9-8-21-18(25)14-5-3-7-20-11-14/h2-7,10-11,16-17,23-24H,8-9,12H2,1H3,(H,21,25)(H,22,26). The monoisotopic (exact) mass is 369 g/mol. The molecule has 1 fully saturated rings. The van der Waals surface area contributed by atoms with Crippen LogP contribution in [-0.2, 0) is 4.79 Å². The summed E-state index contributed by atoms with van der Waals surface area (Å²) in [5.41, 5.74) is 7.65. The quantitative estimate of drug-likeness (QED) is 0.527. The minimum Gasteiger partial charge on any atom is -0.497 e. The van der Waals surface area contributed by atoms with Crippen LogP contribution in [0, 0.1) is 5.92 Å². The number of hydrogen-bond donors (Lipinski definition) is 4. The average molecular weight is 369 g/mol. The zero-order chi connectivity index (χ0) is 19.1. The van der Waals surface area contributed by atoms with Gasteiger partial charge >= 0.3 is 0 Å². The summed E-state index contributed by atoms with van der Waals surface area (Å²) in [5.74, 6) is 0.205. The van der Waals surface area contributed by atoms with Crippen molar-refractivity contribution in [3.05, 3.63) is 59.9 Å². The van der Waals surface area contributed by atoms with Crippen LogP contribution in [0.5, 0.6) is 5.75 Å². The first-order valence-electron chi connectivity index (χ1n) is 8.77. The smallest absolute Gasteiger partial charge is 0.252 e. The number of rotatable bonds is 7. The molecular formula is C19H23N5O3. The summed E-state index contributed by atoms with van der Waals surface area (Å²) in [6, 6.07) is 10.9. The maximum Gasteiger partial charge on any atom is 0.252 e. The highest BCUT2D eigenvalue weighted by Gasteiger charge is 2.33. The normalized spacial score (nSPS) is 18.7. The first kappa shape index (κ1) is 18.8. The van der Waals surface area contributed by atoms with Gasteiger partial charge in [-0.25, -0.2) is 5.43 Å². The third kappa shape index (κ3) is 4.81. The van der Waals surface area contributed by atoms with Crippen LogP contribution in [0.15, 0.2) is 48.8 Å². The van der Waals surface area contributed by atoms with Gasteiger partial charge in [-0.15, -0.1) is 0 Å². The first-order valence-corrected chi connectivity index (χ1v) is 8.77. The van der Waals surface area contributed by atoms with Crippen molar-refractivity contribution in [2.24, 2.45) is 5.92 Å². The molecule has 0 spiro atoms. The molecule has 2 amide bonds. The number of hydrazine groups is 1. The van der Waals surface area contributed by atoms with E-state index in [1.54, 1.807) is 25.4 Å². The van der Waals surface area contributed by atoms with Crippen molar-refractivity contribution in [3.63, 3.8) is 0 Å². The van der Waals surface area contributed by atoms with Gasteiger partial charge in [0.2, 0.25) is 5.91 Å². The van der Waals surface area contributed by atoms with Crippen molar-refractivity contribution in [3.8, 4) is 5.75 Å². The molecule has 1 aliphatic rings. The van der Waals surface area contributed by atoms with Crippen LogP contribution in [0.4, 0.5) is 0 Å². The van der Waals surface area contributed by atoms with E-state index >= 15 is 0 Å². The molecule has 3 rings (SSSR count). The Morgan fingerprint density at radius 1 is 1.22 bits per heavy atom. The third-order valence-electron chi connectivity index (χ3n) is 4.41. The van der Waals surface area contributed by atoms with Gasteiger partial charge in [0, 0.05) is 32.0 Å². The topological polar surface area (TPSA) is 104 Å². The average Bonchev–Trinajstić information content (AvgIpc) is 3.21. The maximum atomic E-state index is 12.6. The lowest BCUT2D eigenvalue weighted by atomic mass is 9.94. The van der Waals surface area contributed by atoms with Crippen molar-refractivity contribution < 1.29 is 14.3 Å². The molecule has 4 N–H and O–H groups in total. The minimum absolute atomic E-state index is 0.0732. The van der Waals surface area contributed by atoms with Gasteiger partial charge in [-0.3, -0.25) is 20.0 Å². The lowest BCUT2D eigenvalue weighted by Crippen LogP contribution is -2.39. The predicted octanol–water partition coefficient (Wildman–Crippen LogP) is 0.402. The summed E-state index contributed by atoms with van der Waals surface area (Å²) in [4.78, 5) is 28.4. The molecule has 0 aliphatic carbocycles. The predicted molar refractivity (Wildman–Crippen MR) is 99.9 cm³/mol. The fourth-order valence-electron chi connectivity index (χ4n) is 2.98. The molecule has 142 valence electrons. The molecule has 1 aliphatic heterocycles. The van der Waals surface area contributed by atoms with E-state index in [9.17, 15) is 9.59 Å². The number of carbonyl (C=O) groups excluding carboxylic acids is 2. The number of nitrogens with zero attached hydrogens (tertiary/aromatic N) is 1. The van der Waals surface area contributed by atoms with Crippen LogP contribution in [-0.4, -0.2) is 43.5 Å². The van der Waals surface area contributed by atoms with E-state index in [1.807, 2.05) is 24.3 Å². The van der Waals surface area contributed by atoms with E-state index in [4.69, 9.17) is 4.74 Å². The molecule has 27 heavy (non-hydrogen) atoms. The molecule has 2 aromatic rings.